The minimum Gasteiger partial charge on any atom is -0.338 e. The number of benzene rings is 1. The largest absolute Gasteiger partial charge is 0.338 e. The molecule has 2 aliphatic heterocycles. The van der Waals surface area contributed by atoms with Crippen LogP contribution in [0.1, 0.15) is 42.1 Å². The maximum Gasteiger partial charge on any atom is 0.268 e. The van der Waals surface area contributed by atoms with E-state index in [9.17, 15) is 18.0 Å². The molecule has 0 saturated carbocycles. The SMILES string of the molecule is CC1CCCCN1C(=O)CN1C(=O)c2ccccc2CS1(=O)=O. The molecule has 1 unspecified atom stereocenters. The first-order valence-electron chi connectivity index (χ1n) is 7.82. The smallest absolute Gasteiger partial charge is 0.268 e. The van der Waals surface area contributed by atoms with Crippen molar-refractivity contribution in [3.63, 3.8) is 0 Å². The van der Waals surface area contributed by atoms with Gasteiger partial charge in [0, 0.05) is 18.2 Å². The van der Waals surface area contributed by atoms with Crippen LogP contribution >= 0.6 is 0 Å². The minimum absolute atomic E-state index is 0.0890. The van der Waals surface area contributed by atoms with Gasteiger partial charge in [0.1, 0.15) is 6.54 Å². The van der Waals surface area contributed by atoms with Gasteiger partial charge in [-0.2, -0.15) is 0 Å². The Labute approximate surface area is 136 Å². The Hall–Kier alpha value is -1.89. The predicted octanol–water partition coefficient (Wildman–Crippen LogP) is 1.37. The summed E-state index contributed by atoms with van der Waals surface area (Å²) in [6.07, 6.45) is 2.90. The van der Waals surface area contributed by atoms with Crippen molar-refractivity contribution in [2.24, 2.45) is 0 Å². The molecular weight excluding hydrogens is 316 g/mol. The summed E-state index contributed by atoms with van der Waals surface area (Å²) in [6, 6.07) is 6.73. The van der Waals surface area contributed by atoms with Gasteiger partial charge in [0.25, 0.3) is 5.91 Å². The van der Waals surface area contributed by atoms with Gasteiger partial charge in [0.05, 0.1) is 5.75 Å². The van der Waals surface area contributed by atoms with E-state index in [0.717, 1.165) is 23.6 Å². The van der Waals surface area contributed by atoms with E-state index in [0.29, 0.717) is 17.7 Å². The fourth-order valence-electron chi connectivity index (χ4n) is 3.24. The Bertz CT molecular complexity index is 744. The van der Waals surface area contributed by atoms with Crippen LogP contribution in [-0.2, 0) is 20.6 Å². The van der Waals surface area contributed by atoms with Gasteiger partial charge < -0.3 is 4.90 Å². The van der Waals surface area contributed by atoms with Crippen molar-refractivity contribution in [3.8, 4) is 0 Å². The summed E-state index contributed by atoms with van der Waals surface area (Å²) in [5, 5.41) is 0. The number of carbonyl (C=O) groups is 2. The van der Waals surface area contributed by atoms with Gasteiger partial charge in [-0.05, 0) is 37.8 Å². The second-order valence-corrected chi connectivity index (χ2v) is 8.05. The van der Waals surface area contributed by atoms with Gasteiger partial charge in [-0.1, -0.05) is 18.2 Å². The molecule has 0 aromatic heterocycles. The third kappa shape index (κ3) is 2.97. The summed E-state index contributed by atoms with van der Waals surface area (Å²) < 4.78 is 25.5. The molecule has 1 aromatic rings. The van der Waals surface area contributed by atoms with Crippen molar-refractivity contribution in [2.75, 3.05) is 13.1 Å². The third-order valence-electron chi connectivity index (χ3n) is 4.55. The number of amides is 2. The molecule has 7 heteroatoms. The highest BCUT2D eigenvalue weighted by Crippen LogP contribution is 2.25. The van der Waals surface area contributed by atoms with Crippen molar-refractivity contribution in [1.29, 1.82) is 0 Å². The van der Waals surface area contributed by atoms with Gasteiger partial charge >= 0.3 is 0 Å². The van der Waals surface area contributed by atoms with Gasteiger partial charge in [-0.15, -0.1) is 0 Å². The molecule has 23 heavy (non-hydrogen) atoms. The number of likely N-dealkylation sites (tertiary alicyclic amines) is 1. The Morgan fingerprint density at radius 2 is 2.00 bits per heavy atom. The van der Waals surface area contributed by atoms with Crippen LogP contribution in [0.2, 0.25) is 0 Å². The van der Waals surface area contributed by atoms with Crippen LogP contribution < -0.4 is 0 Å². The van der Waals surface area contributed by atoms with Crippen LogP contribution in [0, 0.1) is 0 Å². The fourth-order valence-corrected chi connectivity index (χ4v) is 4.70. The summed E-state index contributed by atoms with van der Waals surface area (Å²) in [5.41, 5.74) is 0.856. The van der Waals surface area contributed by atoms with Crippen LogP contribution in [0.15, 0.2) is 24.3 Å². The van der Waals surface area contributed by atoms with Gasteiger partial charge in [-0.3, -0.25) is 9.59 Å². The summed E-state index contributed by atoms with van der Waals surface area (Å²) >= 11 is 0. The Morgan fingerprint density at radius 1 is 1.26 bits per heavy atom. The molecule has 124 valence electrons. The molecule has 0 radical (unpaired) electrons. The summed E-state index contributed by atoms with van der Waals surface area (Å²) in [7, 11) is -3.80. The summed E-state index contributed by atoms with van der Waals surface area (Å²) in [4.78, 5) is 26.7. The molecule has 0 spiro atoms. The molecule has 0 aliphatic carbocycles. The van der Waals surface area contributed by atoms with E-state index in [4.69, 9.17) is 0 Å². The lowest BCUT2D eigenvalue weighted by Gasteiger charge is -2.35. The lowest BCUT2D eigenvalue weighted by atomic mass is 10.0. The van der Waals surface area contributed by atoms with Crippen molar-refractivity contribution in [3.05, 3.63) is 35.4 Å². The molecule has 0 bridgehead atoms. The normalized spacial score (nSPS) is 23.5. The number of fused-ring (bicyclic) bond motifs is 1. The van der Waals surface area contributed by atoms with Crippen LogP contribution in [-0.4, -0.2) is 48.6 Å². The van der Waals surface area contributed by atoms with Crippen molar-refractivity contribution >= 4 is 21.8 Å². The number of piperidine rings is 1. The number of carbonyl (C=O) groups excluding carboxylic acids is 2. The lowest BCUT2D eigenvalue weighted by molar-refractivity contribution is -0.134. The van der Waals surface area contributed by atoms with E-state index in [1.807, 2.05) is 6.92 Å². The van der Waals surface area contributed by atoms with E-state index in [1.54, 1.807) is 29.2 Å². The summed E-state index contributed by atoms with van der Waals surface area (Å²) in [5.74, 6) is -1.14. The molecule has 2 aliphatic rings. The third-order valence-corrected chi connectivity index (χ3v) is 6.19. The Kier molecular flexibility index (Phi) is 4.14. The zero-order valence-electron chi connectivity index (χ0n) is 13.1. The standard InChI is InChI=1S/C16H20N2O4S/c1-12-6-4-5-9-17(12)15(19)10-18-16(20)14-8-3-2-7-13(14)11-23(18,21)22/h2-3,7-8,12H,4-6,9-11H2,1H3. The first-order chi connectivity index (χ1) is 10.9. The minimum atomic E-state index is -3.80. The van der Waals surface area contributed by atoms with Crippen molar-refractivity contribution < 1.29 is 18.0 Å². The molecule has 3 rings (SSSR count). The molecule has 2 amide bonds. The first-order valence-corrected chi connectivity index (χ1v) is 9.43. The highest BCUT2D eigenvalue weighted by atomic mass is 32.2. The van der Waals surface area contributed by atoms with Gasteiger partial charge in [0.2, 0.25) is 15.9 Å². The predicted molar refractivity (Wildman–Crippen MR) is 85.1 cm³/mol. The molecule has 1 fully saturated rings. The topological polar surface area (TPSA) is 74.8 Å². The monoisotopic (exact) mass is 336 g/mol. The summed E-state index contributed by atoms with van der Waals surface area (Å²) in [6.45, 7) is 2.18. The highest BCUT2D eigenvalue weighted by molar-refractivity contribution is 7.89. The number of hydrogen-bond donors (Lipinski definition) is 0. The van der Waals surface area contributed by atoms with E-state index < -0.39 is 22.5 Å². The van der Waals surface area contributed by atoms with E-state index in [1.165, 1.54) is 0 Å². The van der Waals surface area contributed by atoms with Gasteiger partial charge in [-0.25, -0.2) is 12.7 Å². The van der Waals surface area contributed by atoms with Crippen LogP contribution in [0.25, 0.3) is 0 Å². The van der Waals surface area contributed by atoms with Gasteiger partial charge in [0.15, 0.2) is 0 Å². The van der Waals surface area contributed by atoms with Crippen molar-refractivity contribution in [1.82, 2.24) is 9.21 Å². The van der Waals surface area contributed by atoms with Crippen LogP contribution in [0.4, 0.5) is 0 Å². The number of rotatable bonds is 2. The molecular formula is C16H20N2O4S. The van der Waals surface area contributed by atoms with E-state index in [-0.39, 0.29) is 17.7 Å². The van der Waals surface area contributed by atoms with E-state index >= 15 is 0 Å². The number of sulfonamides is 1. The van der Waals surface area contributed by atoms with Crippen LogP contribution in [0.3, 0.4) is 0 Å². The molecule has 0 N–H and O–H groups in total. The first kappa shape index (κ1) is 16.0. The Morgan fingerprint density at radius 3 is 2.74 bits per heavy atom. The average molecular weight is 336 g/mol. The molecule has 1 atom stereocenters. The number of hydrogen-bond acceptors (Lipinski definition) is 4. The quantitative estimate of drug-likeness (QED) is 0.817. The molecule has 2 heterocycles. The van der Waals surface area contributed by atoms with Crippen LogP contribution in [0.5, 0.6) is 0 Å². The van der Waals surface area contributed by atoms with Crippen molar-refractivity contribution in [2.45, 2.75) is 38.0 Å². The maximum absolute atomic E-state index is 12.5. The average Bonchev–Trinajstić information content (AvgIpc) is 2.51. The zero-order valence-corrected chi connectivity index (χ0v) is 13.9. The van der Waals surface area contributed by atoms with E-state index in [2.05, 4.69) is 0 Å². The zero-order chi connectivity index (χ0) is 16.6. The highest BCUT2D eigenvalue weighted by Gasteiger charge is 2.38. The number of nitrogens with zero attached hydrogens (tertiary/aromatic N) is 2. The maximum atomic E-state index is 12.5. The molecule has 1 saturated heterocycles. The fraction of sp³-hybridized carbons (Fsp3) is 0.500. The Balaban J connectivity index is 1.84. The second kappa shape index (κ2) is 5.96. The molecule has 1 aromatic carbocycles. The second-order valence-electron chi connectivity index (χ2n) is 6.16. The molecule has 6 nitrogen and oxygen atoms in total. The lowest BCUT2D eigenvalue weighted by Crippen LogP contribution is -2.51.